The van der Waals surface area contributed by atoms with Crippen LogP contribution in [-0.2, 0) is 26.2 Å². The molecule has 1 N–H and O–H groups in total. The molecule has 0 spiro atoms. The van der Waals surface area contributed by atoms with Crippen molar-refractivity contribution in [1.82, 2.24) is 10.2 Å². The Bertz CT molecular complexity index is 1490. The van der Waals surface area contributed by atoms with E-state index in [2.05, 4.69) is 5.32 Å². The van der Waals surface area contributed by atoms with Crippen molar-refractivity contribution in [2.75, 3.05) is 18.0 Å². The number of ether oxygens (including phenoxy) is 1. The fourth-order valence-electron chi connectivity index (χ4n) is 5.32. The van der Waals surface area contributed by atoms with E-state index in [1.54, 1.807) is 30.3 Å². The molecule has 8 nitrogen and oxygen atoms in total. The zero-order valence-corrected chi connectivity index (χ0v) is 25.8. The Morgan fingerprint density at radius 2 is 1.69 bits per heavy atom. The quantitative estimate of drug-likeness (QED) is 0.283. The van der Waals surface area contributed by atoms with Gasteiger partial charge in [-0.15, -0.1) is 0 Å². The monoisotopic (exact) mass is 611 g/mol. The molecule has 0 aromatic heterocycles. The standard InChI is InChI=1S/C32H38ClN3O5S/c1-4-29(32(38)34-25-14-10-11-15-25)35(21-24-13-9-8-12-23(24)2)31(37)22-36(26-18-19-30(41-3)28(33)20-26)42(39,40)27-16-6-5-7-17-27/h5-9,12-13,16-20,25,29H,4,10-11,14-15,21-22H2,1-3H3,(H,34,38)/t29-/m0/s1. The molecule has 0 unspecified atom stereocenters. The molecule has 42 heavy (non-hydrogen) atoms. The van der Waals surface area contributed by atoms with Crippen molar-refractivity contribution >= 4 is 39.1 Å². The lowest BCUT2D eigenvalue weighted by Gasteiger charge is -2.34. The van der Waals surface area contributed by atoms with Crippen LogP contribution < -0.4 is 14.4 Å². The number of methoxy groups -OCH3 is 1. The van der Waals surface area contributed by atoms with Gasteiger partial charge in [0.25, 0.3) is 10.0 Å². The summed E-state index contributed by atoms with van der Waals surface area (Å²) < 4.78 is 34.2. The Morgan fingerprint density at radius 3 is 2.31 bits per heavy atom. The molecule has 0 bridgehead atoms. The van der Waals surface area contributed by atoms with Crippen LogP contribution in [0.4, 0.5) is 5.69 Å². The first-order valence-electron chi connectivity index (χ1n) is 14.2. The van der Waals surface area contributed by atoms with Crippen LogP contribution in [0.2, 0.25) is 5.02 Å². The second-order valence-electron chi connectivity index (χ2n) is 10.5. The van der Waals surface area contributed by atoms with Crippen molar-refractivity contribution in [1.29, 1.82) is 0 Å². The SMILES string of the molecule is CC[C@@H](C(=O)NC1CCCC1)N(Cc1ccccc1C)C(=O)CN(c1ccc(OC)c(Cl)c1)S(=O)(=O)c1ccccc1. The fraction of sp³-hybridized carbons (Fsp3) is 0.375. The van der Waals surface area contributed by atoms with Crippen LogP contribution in [0.25, 0.3) is 0 Å². The molecule has 0 heterocycles. The molecule has 224 valence electrons. The second-order valence-corrected chi connectivity index (χ2v) is 12.8. The molecule has 1 aliphatic carbocycles. The van der Waals surface area contributed by atoms with Crippen molar-refractivity contribution in [3.05, 3.63) is 88.9 Å². The highest BCUT2D eigenvalue weighted by molar-refractivity contribution is 7.92. The number of nitrogens with one attached hydrogen (secondary N) is 1. The van der Waals surface area contributed by atoms with Gasteiger partial charge >= 0.3 is 0 Å². The van der Waals surface area contributed by atoms with E-state index in [1.165, 1.54) is 30.2 Å². The number of carbonyl (C=O) groups excluding carboxylic acids is 2. The number of aryl methyl sites for hydroxylation is 1. The molecule has 10 heteroatoms. The van der Waals surface area contributed by atoms with Crippen molar-refractivity contribution in [2.45, 2.75) is 69.5 Å². The van der Waals surface area contributed by atoms with E-state index in [0.29, 0.717) is 12.2 Å². The Labute approximate surface area is 253 Å². The zero-order valence-electron chi connectivity index (χ0n) is 24.3. The van der Waals surface area contributed by atoms with E-state index < -0.39 is 28.5 Å². The van der Waals surface area contributed by atoms with E-state index in [0.717, 1.165) is 41.1 Å². The van der Waals surface area contributed by atoms with Gasteiger partial charge in [-0.25, -0.2) is 8.42 Å². The van der Waals surface area contributed by atoms with Crippen molar-refractivity contribution in [2.24, 2.45) is 0 Å². The molecule has 0 aliphatic heterocycles. The largest absolute Gasteiger partial charge is 0.495 e. The highest BCUT2D eigenvalue weighted by Crippen LogP contribution is 2.32. The number of anilines is 1. The van der Waals surface area contributed by atoms with Gasteiger partial charge in [-0.2, -0.15) is 0 Å². The summed E-state index contributed by atoms with van der Waals surface area (Å²) >= 11 is 6.39. The number of carbonyl (C=O) groups is 2. The van der Waals surface area contributed by atoms with Gasteiger partial charge in [0, 0.05) is 12.6 Å². The Hall–Kier alpha value is -3.56. The maximum atomic E-state index is 14.3. The maximum Gasteiger partial charge on any atom is 0.264 e. The zero-order chi connectivity index (χ0) is 30.3. The van der Waals surface area contributed by atoms with Gasteiger partial charge < -0.3 is 15.0 Å². The van der Waals surface area contributed by atoms with Gasteiger partial charge in [-0.3, -0.25) is 13.9 Å². The van der Waals surface area contributed by atoms with Crippen molar-refractivity contribution in [3.63, 3.8) is 0 Å². The summed E-state index contributed by atoms with van der Waals surface area (Å²) in [5, 5.41) is 3.33. The third-order valence-electron chi connectivity index (χ3n) is 7.72. The summed E-state index contributed by atoms with van der Waals surface area (Å²) in [5.41, 5.74) is 2.05. The predicted octanol–water partition coefficient (Wildman–Crippen LogP) is 5.72. The summed E-state index contributed by atoms with van der Waals surface area (Å²) in [5.74, 6) is -0.353. The first-order chi connectivity index (χ1) is 20.1. The molecule has 1 fully saturated rings. The van der Waals surface area contributed by atoms with Gasteiger partial charge in [-0.1, -0.05) is 73.8 Å². The van der Waals surface area contributed by atoms with Crippen LogP contribution >= 0.6 is 11.6 Å². The summed E-state index contributed by atoms with van der Waals surface area (Å²) in [6, 6.07) is 19.5. The summed E-state index contributed by atoms with van der Waals surface area (Å²) in [7, 11) is -2.72. The first kappa shape index (κ1) is 31.4. The molecule has 1 aliphatic rings. The van der Waals surface area contributed by atoms with E-state index >= 15 is 0 Å². The molecule has 3 aromatic rings. The normalized spacial score (nSPS) is 14.3. The minimum atomic E-state index is -4.19. The summed E-state index contributed by atoms with van der Waals surface area (Å²) in [6.07, 6.45) is 4.31. The fourth-order valence-corrected chi connectivity index (χ4v) is 7.00. The molecule has 3 aromatic carbocycles. The number of rotatable bonds is 12. The number of halogens is 1. The molecule has 0 radical (unpaired) electrons. The maximum absolute atomic E-state index is 14.3. The molecule has 1 atom stereocenters. The number of benzene rings is 3. The first-order valence-corrected chi connectivity index (χ1v) is 16.0. The third kappa shape index (κ3) is 7.25. The van der Waals surface area contributed by atoms with Gasteiger partial charge in [0.2, 0.25) is 11.8 Å². The number of amides is 2. The highest BCUT2D eigenvalue weighted by Gasteiger charge is 2.35. The van der Waals surface area contributed by atoms with E-state index in [-0.39, 0.29) is 34.1 Å². The van der Waals surface area contributed by atoms with E-state index in [4.69, 9.17) is 16.3 Å². The van der Waals surface area contributed by atoms with Crippen LogP contribution in [0.15, 0.2) is 77.7 Å². The Morgan fingerprint density at radius 1 is 1.02 bits per heavy atom. The highest BCUT2D eigenvalue weighted by atomic mass is 35.5. The minimum Gasteiger partial charge on any atom is -0.495 e. The molecular weight excluding hydrogens is 574 g/mol. The lowest BCUT2D eigenvalue weighted by Crippen LogP contribution is -2.53. The van der Waals surface area contributed by atoms with Crippen LogP contribution in [0, 0.1) is 6.92 Å². The van der Waals surface area contributed by atoms with Crippen LogP contribution in [0.1, 0.15) is 50.2 Å². The van der Waals surface area contributed by atoms with Gasteiger partial charge in [0.05, 0.1) is 22.7 Å². The van der Waals surface area contributed by atoms with Crippen LogP contribution in [-0.4, -0.2) is 50.9 Å². The van der Waals surface area contributed by atoms with E-state index in [1.807, 2.05) is 38.1 Å². The van der Waals surface area contributed by atoms with Crippen LogP contribution in [0.5, 0.6) is 5.75 Å². The van der Waals surface area contributed by atoms with E-state index in [9.17, 15) is 18.0 Å². The van der Waals surface area contributed by atoms with Crippen LogP contribution in [0.3, 0.4) is 0 Å². The van der Waals surface area contributed by atoms with Gasteiger partial charge in [-0.05, 0) is 67.6 Å². The summed E-state index contributed by atoms with van der Waals surface area (Å²) in [4.78, 5) is 29.4. The third-order valence-corrected chi connectivity index (χ3v) is 9.81. The smallest absolute Gasteiger partial charge is 0.264 e. The molecule has 0 saturated heterocycles. The predicted molar refractivity (Wildman–Crippen MR) is 165 cm³/mol. The van der Waals surface area contributed by atoms with Gasteiger partial charge in [0.15, 0.2) is 0 Å². The minimum absolute atomic E-state index is 0.0289. The van der Waals surface area contributed by atoms with Crippen molar-refractivity contribution < 1.29 is 22.7 Å². The Balaban J connectivity index is 1.74. The lowest BCUT2D eigenvalue weighted by atomic mass is 10.1. The number of hydrogen-bond donors (Lipinski definition) is 1. The number of sulfonamides is 1. The average molecular weight is 612 g/mol. The average Bonchev–Trinajstić information content (AvgIpc) is 3.50. The number of nitrogens with zero attached hydrogens (tertiary/aromatic N) is 2. The van der Waals surface area contributed by atoms with Crippen molar-refractivity contribution in [3.8, 4) is 5.75 Å². The second kappa shape index (κ2) is 14.1. The lowest BCUT2D eigenvalue weighted by molar-refractivity contribution is -0.140. The summed E-state index contributed by atoms with van der Waals surface area (Å²) in [6.45, 7) is 3.44. The molecular formula is C32H38ClN3O5S. The molecule has 1 saturated carbocycles. The molecule has 4 rings (SSSR count). The molecule has 2 amide bonds. The van der Waals surface area contributed by atoms with Gasteiger partial charge in [0.1, 0.15) is 18.3 Å². The topological polar surface area (TPSA) is 96.0 Å². The Kier molecular flexibility index (Phi) is 10.5. The number of hydrogen-bond acceptors (Lipinski definition) is 5.